The lowest BCUT2D eigenvalue weighted by Gasteiger charge is -2.55. The Labute approximate surface area is 332 Å². The first kappa shape index (κ1) is 42.0. The van der Waals surface area contributed by atoms with Crippen LogP contribution >= 0.6 is 0 Å². The molecule has 2 N–H and O–H groups in total. The number of hydrogen-bond acceptors (Lipinski definition) is 9. The minimum Gasteiger partial charge on any atom is -0.497 e. The van der Waals surface area contributed by atoms with Crippen molar-refractivity contribution in [1.29, 1.82) is 0 Å². The Kier molecular flexibility index (Phi) is 12.5. The van der Waals surface area contributed by atoms with Gasteiger partial charge in [-0.3, -0.25) is 14.3 Å². The number of nitrogens with one attached hydrogen (secondary N) is 1. The van der Waals surface area contributed by atoms with Crippen LogP contribution in [-0.4, -0.2) is 69.9 Å². The van der Waals surface area contributed by atoms with E-state index < -0.39 is 64.6 Å². The number of benzene rings is 3. The van der Waals surface area contributed by atoms with Crippen molar-refractivity contribution in [3.05, 3.63) is 134 Å². The van der Waals surface area contributed by atoms with Gasteiger partial charge in [-0.25, -0.2) is 4.79 Å². The molecule has 1 aromatic heterocycles. The average molecular weight is 803 g/mol. The molecule has 3 aromatic carbocycles. The van der Waals surface area contributed by atoms with Crippen LogP contribution in [0.4, 0.5) is 0 Å². The number of aromatic amines is 1. The average Bonchev–Trinajstić information content (AvgIpc) is 3.17. The Morgan fingerprint density at radius 1 is 0.786 bits per heavy atom. The highest BCUT2D eigenvalue weighted by Gasteiger charge is 2.62. The smallest absolute Gasteiger partial charge is 0.335 e. The van der Waals surface area contributed by atoms with Gasteiger partial charge in [-0.05, 0) is 57.9 Å². The fraction of sp³-hybridized carbons (Fsp3) is 0.488. The molecule has 0 radical (unpaired) electrons. The van der Waals surface area contributed by atoms with E-state index >= 15 is 0 Å². The van der Waals surface area contributed by atoms with E-state index in [2.05, 4.69) is 60.4 Å². The number of ether oxygens (including phenoxy) is 3. The fourth-order valence-corrected chi connectivity index (χ4v) is 19.7. The van der Waals surface area contributed by atoms with E-state index in [9.17, 15) is 14.7 Å². The first-order valence-electron chi connectivity index (χ1n) is 19.7. The van der Waals surface area contributed by atoms with Crippen LogP contribution < -0.4 is 16.0 Å². The summed E-state index contributed by atoms with van der Waals surface area (Å²) in [6.45, 7) is 18.7. The van der Waals surface area contributed by atoms with Crippen LogP contribution in [-0.2, 0) is 28.0 Å². The van der Waals surface area contributed by atoms with E-state index in [1.54, 1.807) is 14.0 Å². The number of nitrogens with zero attached hydrogens (tertiary/aromatic N) is 1. The number of hydrogen-bond donors (Lipinski definition) is 2. The molecule has 2 saturated heterocycles. The summed E-state index contributed by atoms with van der Waals surface area (Å²) in [7, 11) is -4.61. The van der Waals surface area contributed by atoms with Crippen molar-refractivity contribution >= 4 is 17.1 Å². The number of aliphatic hydroxyl groups is 1. The van der Waals surface area contributed by atoms with Crippen LogP contribution in [0.2, 0.25) is 22.2 Å². The molecule has 2 aliphatic rings. The molecular weight excluding hydrogens is 745 g/mol. The van der Waals surface area contributed by atoms with Gasteiger partial charge in [0.1, 0.15) is 35.8 Å². The monoisotopic (exact) mass is 802 g/mol. The van der Waals surface area contributed by atoms with Crippen molar-refractivity contribution < 1.29 is 32.3 Å². The van der Waals surface area contributed by atoms with Crippen molar-refractivity contribution in [3.63, 3.8) is 0 Å². The molecule has 2 aliphatic heterocycles. The van der Waals surface area contributed by atoms with Crippen molar-refractivity contribution in [2.45, 2.75) is 121 Å². The van der Waals surface area contributed by atoms with Crippen molar-refractivity contribution in [2.24, 2.45) is 0 Å². The molecule has 0 unspecified atom stereocenters. The zero-order valence-electron chi connectivity index (χ0n) is 34.2. The quantitative estimate of drug-likeness (QED) is 0.117. The summed E-state index contributed by atoms with van der Waals surface area (Å²) in [5.41, 5.74) is 0.160. The highest BCUT2D eigenvalue weighted by atomic mass is 28.5. The van der Waals surface area contributed by atoms with Crippen LogP contribution in [0.15, 0.2) is 101 Å². The molecular formula is C43H58N2O9Si2. The van der Waals surface area contributed by atoms with Gasteiger partial charge in [0.15, 0.2) is 6.23 Å². The Balaban J connectivity index is 1.61. The van der Waals surface area contributed by atoms with E-state index in [0.717, 1.165) is 16.7 Å². The number of aliphatic hydroxyl groups excluding tert-OH is 1. The van der Waals surface area contributed by atoms with Gasteiger partial charge in [-0.2, -0.15) is 0 Å². The molecule has 0 spiro atoms. The molecule has 2 fully saturated rings. The lowest BCUT2D eigenvalue weighted by atomic mass is 9.79. The molecule has 0 aliphatic carbocycles. The Morgan fingerprint density at radius 3 is 1.80 bits per heavy atom. The maximum absolute atomic E-state index is 13.8. The number of aromatic nitrogens is 2. The van der Waals surface area contributed by atoms with Crippen molar-refractivity contribution in [3.8, 4) is 5.75 Å². The summed E-state index contributed by atoms with van der Waals surface area (Å²) in [6, 6.07) is 27.2. The van der Waals surface area contributed by atoms with Crippen LogP contribution in [0, 0.1) is 6.92 Å². The van der Waals surface area contributed by atoms with Crippen LogP contribution in [0.1, 0.15) is 83.9 Å². The highest BCUT2D eigenvalue weighted by Crippen LogP contribution is 2.50. The molecule has 4 aromatic rings. The van der Waals surface area contributed by atoms with Gasteiger partial charge >= 0.3 is 22.8 Å². The lowest BCUT2D eigenvalue weighted by molar-refractivity contribution is -0.279. The minimum atomic E-state index is -3.24. The zero-order valence-corrected chi connectivity index (χ0v) is 36.2. The van der Waals surface area contributed by atoms with Crippen LogP contribution in [0.3, 0.4) is 0 Å². The Morgan fingerprint density at radius 2 is 1.30 bits per heavy atom. The molecule has 5 atom stereocenters. The predicted octanol–water partition coefficient (Wildman–Crippen LogP) is 7.45. The van der Waals surface area contributed by atoms with Crippen LogP contribution in [0.25, 0.3) is 0 Å². The van der Waals surface area contributed by atoms with Gasteiger partial charge in [0.25, 0.3) is 5.56 Å². The van der Waals surface area contributed by atoms with Gasteiger partial charge in [0.05, 0.1) is 13.7 Å². The van der Waals surface area contributed by atoms with E-state index in [1.165, 1.54) is 10.8 Å². The zero-order chi connectivity index (χ0) is 40.6. The molecule has 13 heteroatoms. The van der Waals surface area contributed by atoms with Gasteiger partial charge < -0.3 is 32.3 Å². The molecule has 3 heterocycles. The topological polar surface area (TPSA) is 130 Å². The maximum atomic E-state index is 13.8. The second-order valence-electron chi connectivity index (χ2n) is 16.3. The number of methoxy groups -OCH3 is 1. The summed E-state index contributed by atoms with van der Waals surface area (Å²) in [6.07, 6.45) is -4.16. The van der Waals surface area contributed by atoms with Crippen molar-refractivity contribution in [1.82, 2.24) is 9.55 Å². The Hall–Kier alpha value is -3.67. The second-order valence-corrected chi connectivity index (χ2v) is 25.2. The molecule has 0 amide bonds. The van der Waals surface area contributed by atoms with E-state index in [4.69, 9.17) is 27.2 Å². The standard InChI is InChI=1S/C43H58N2O9Si2/c1-27(2)55(28(3)4)50-26-36-38(53-56(54-55,29(5)6)30(7)8)37(46)39(41(51-36)45-25-31(9)40(47)44-42(45)48)52-43(32-17-13-11-14-18-32,33-19-15-12-16-20-33)34-21-23-35(49-10)24-22-34/h11-25,27-30,36-39,41,46H,26H2,1-10H3,(H,44,47,48)/t36-,37+,38+,39-,41-/m1/s1. The fourth-order valence-electron chi connectivity index (χ4n) is 8.53. The van der Waals surface area contributed by atoms with E-state index in [1.807, 2.05) is 84.9 Å². The van der Waals surface area contributed by atoms with E-state index in [0.29, 0.717) is 11.3 Å². The van der Waals surface area contributed by atoms with Gasteiger partial charge in [-0.1, -0.05) is 128 Å². The van der Waals surface area contributed by atoms with Crippen LogP contribution in [0.5, 0.6) is 5.75 Å². The SMILES string of the molecule is COc1ccc(C(O[C@@H]2[C@@H](O)[C@H]3O[Si](C(C)C)(C(C)C)O[Si](C(C)C)(C(C)C)OC[C@H]3O[C@H]2n2cc(C)c(=O)[nH]c2=O)(c2ccccc2)c2ccccc2)cc1. The number of aryl methyl sites for hydroxylation is 1. The number of rotatable bonds is 11. The van der Waals surface area contributed by atoms with Gasteiger partial charge in [0.2, 0.25) is 0 Å². The molecule has 6 rings (SSSR count). The summed E-state index contributed by atoms with van der Waals surface area (Å²) >= 11 is 0. The maximum Gasteiger partial charge on any atom is 0.335 e. The third kappa shape index (κ3) is 7.44. The summed E-state index contributed by atoms with van der Waals surface area (Å²) in [5, 5.41) is 13.0. The van der Waals surface area contributed by atoms with Gasteiger partial charge in [-0.15, -0.1) is 0 Å². The van der Waals surface area contributed by atoms with E-state index in [-0.39, 0.29) is 28.8 Å². The molecule has 0 saturated carbocycles. The summed E-state index contributed by atoms with van der Waals surface area (Å²) < 4.78 is 43.3. The predicted molar refractivity (Wildman–Crippen MR) is 220 cm³/mol. The lowest BCUT2D eigenvalue weighted by Crippen LogP contribution is -2.70. The first-order chi connectivity index (χ1) is 26.6. The normalized spacial score (nSPS) is 23.9. The number of H-pyrrole nitrogens is 1. The second kappa shape index (κ2) is 16.7. The first-order valence-corrected chi connectivity index (χ1v) is 23.7. The minimum absolute atomic E-state index is 0.0185. The molecule has 11 nitrogen and oxygen atoms in total. The van der Waals surface area contributed by atoms with Gasteiger partial charge in [0, 0.05) is 11.8 Å². The largest absolute Gasteiger partial charge is 0.497 e. The third-order valence-corrected chi connectivity index (χ3v) is 21.8. The third-order valence-electron chi connectivity index (χ3n) is 11.6. The molecule has 302 valence electrons. The number of fused-ring (bicyclic) bond motifs is 1. The highest BCUT2D eigenvalue weighted by molar-refractivity contribution is 6.84. The Bertz CT molecular complexity index is 1980. The molecule has 56 heavy (non-hydrogen) atoms. The molecule has 0 bridgehead atoms. The summed E-state index contributed by atoms with van der Waals surface area (Å²) in [4.78, 5) is 29.0. The summed E-state index contributed by atoms with van der Waals surface area (Å²) in [5.74, 6) is 0.662. The van der Waals surface area contributed by atoms with Crippen molar-refractivity contribution in [2.75, 3.05) is 13.7 Å².